The Morgan fingerprint density at radius 3 is 2.85 bits per heavy atom. The van der Waals surface area contributed by atoms with Crippen LogP contribution in [-0.2, 0) is 0 Å². The number of carbonyl (C=O) groups is 2. The number of halogens is 1. The van der Waals surface area contributed by atoms with E-state index in [0.29, 0.717) is 28.7 Å². The minimum absolute atomic E-state index is 0.0955. The molecule has 0 saturated carbocycles. The van der Waals surface area contributed by atoms with E-state index >= 15 is 0 Å². The molecule has 2 heterocycles. The molecule has 1 aromatic heterocycles. The molecule has 3 rings (SSSR count). The van der Waals surface area contributed by atoms with Gasteiger partial charge in [0.1, 0.15) is 10.8 Å². The maximum absolute atomic E-state index is 12.9. The number of phenols is 1. The van der Waals surface area contributed by atoms with Crippen molar-refractivity contribution in [2.45, 2.75) is 18.9 Å². The van der Waals surface area contributed by atoms with Crippen molar-refractivity contribution in [1.29, 1.82) is 0 Å². The van der Waals surface area contributed by atoms with Crippen molar-refractivity contribution in [2.24, 2.45) is 0 Å². The molecule has 1 saturated heterocycles. The summed E-state index contributed by atoms with van der Waals surface area (Å²) in [6.07, 6.45) is 1.99. The number of nitrogens with one attached hydrogen (secondary N) is 2. The number of carbonyl (C=O) groups excluding carboxylic acids is 2. The number of likely N-dealkylation sites (tertiary alicyclic amines) is 1. The zero-order valence-corrected chi connectivity index (χ0v) is 15.9. The van der Waals surface area contributed by atoms with E-state index in [1.807, 2.05) is 11.9 Å². The minimum Gasteiger partial charge on any atom is -0.507 e. The summed E-state index contributed by atoms with van der Waals surface area (Å²) < 4.78 is 0. The number of thiophene rings is 1. The quantitative estimate of drug-likeness (QED) is 0.745. The summed E-state index contributed by atoms with van der Waals surface area (Å²) in [6.45, 7) is 1.36. The summed E-state index contributed by atoms with van der Waals surface area (Å²) >= 11 is 7.07. The van der Waals surface area contributed by atoms with Crippen molar-refractivity contribution in [2.75, 3.05) is 25.5 Å². The van der Waals surface area contributed by atoms with E-state index in [4.69, 9.17) is 11.6 Å². The first-order valence-electron chi connectivity index (χ1n) is 8.33. The second kappa shape index (κ2) is 8.07. The fraction of sp³-hybridized carbons (Fsp3) is 0.333. The first kappa shape index (κ1) is 18.7. The molecule has 1 unspecified atom stereocenters. The number of amides is 2. The molecule has 1 atom stereocenters. The van der Waals surface area contributed by atoms with Crippen LogP contribution in [0.4, 0.5) is 5.00 Å². The Hall–Kier alpha value is -2.09. The molecule has 0 radical (unpaired) electrons. The SMILES string of the molecule is CNC1CCCN(C(=O)c2ccsc2NC(=O)c2ccc(Cl)cc2O)C1. The van der Waals surface area contributed by atoms with Gasteiger partial charge in [-0.05, 0) is 49.5 Å². The van der Waals surface area contributed by atoms with Crippen molar-refractivity contribution < 1.29 is 14.7 Å². The van der Waals surface area contributed by atoms with Gasteiger partial charge in [-0.2, -0.15) is 0 Å². The second-order valence-corrected chi connectivity index (χ2v) is 7.51. The normalized spacial score (nSPS) is 17.2. The van der Waals surface area contributed by atoms with E-state index in [2.05, 4.69) is 10.6 Å². The number of hydrogen-bond acceptors (Lipinski definition) is 5. The van der Waals surface area contributed by atoms with Crippen LogP contribution in [0.25, 0.3) is 0 Å². The zero-order valence-electron chi connectivity index (χ0n) is 14.3. The monoisotopic (exact) mass is 393 g/mol. The molecule has 8 heteroatoms. The van der Waals surface area contributed by atoms with Crippen molar-refractivity contribution in [1.82, 2.24) is 10.2 Å². The summed E-state index contributed by atoms with van der Waals surface area (Å²) in [4.78, 5) is 27.1. The maximum atomic E-state index is 12.9. The lowest BCUT2D eigenvalue weighted by Gasteiger charge is -2.32. The Bertz CT molecular complexity index is 824. The van der Waals surface area contributed by atoms with E-state index in [9.17, 15) is 14.7 Å². The maximum Gasteiger partial charge on any atom is 0.260 e. The molecule has 0 aliphatic carbocycles. The van der Waals surface area contributed by atoms with E-state index in [1.165, 1.54) is 29.5 Å². The van der Waals surface area contributed by atoms with Gasteiger partial charge in [0, 0.05) is 24.2 Å². The Kier molecular flexibility index (Phi) is 5.80. The number of anilines is 1. The van der Waals surface area contributed by atoms with E-state index in [1.54, 1.807) is 11.4 Å². The highest BCUT2D eigenvalue weighted by molar-refractivity contribution is 7.14. The van der Waals surface area contributed by atoms with Gasteiger partial charge in [0.25, 0.3) is 11.8 Å². The zero-order chi connectivity index (χ0) is 18.7. The molecule has 2 aromatic rings. The van der Waals surface area contributed by atoms with Crippen LogP contribution in [0.1, 0.15) is 33.6 Å². The molecule has 26 heavy (non-hydrogen) atoms. The van der Waals surface area contributed by atoms with Gasteiger partial charge in [-0.3, -0.25) is 9.59 Å². The number of aromatic hydroxyl groups is 1. The van der Waals surface area contributed by atoms with Crippen molar-refractivity contribution in [3.8, 4) is 5.75 Å². The Morgan fingerprint density at radius 2 is 2.12 bits per heavy atom. The lowest BCUT2D eigenvalue weighted by molar-refractivity contribution is 0.0699. The molecule has 6 nitrogen and oxygen atoms in total. The molecular weight excluding hydrogens is 374 g/mol. The number of benzene rings is 1. The van der Waals surface area contributed by atoms with Crippen LogP contribution in [0.3, 0.4) is 0 Å². The standard InChI is InChI=1S/C18H20ClN3O3S/c1-20-12-3-2-7-22(10-12)18(25)14-6-8-26-17(14)21-16(24)13-5-4-11(19)9-15(13)23/h4-6,8-9,12,20,23H,2-3,7,10H2,1H3,(H,21,24). The third-order valence-corrected chi connectivity index (χ3v) is 5.51. The van der Waals surface area contributed by atoms with Crippen LogP contribution in [0.2, 0.25) is 5.02 Å². The number of likely N-dealkylation sites (N-methyl/N-ethyl adjacent to an activating group) is 1. The summed E-state index contributed by atoms with van der Waals surface area (Å²) in [6, 6.07) is 6.29. The molecular formula is C18H20ClN3O3S. The van der Waals surface area contributed by atoms with E-state index in [0.717, 1.165) is 12.8 Å². The molecule has 2 amide bonds. The minimum atomic E-state index is -0.484. The average Bonchev–Trinajstić information content (AvgIpc) is 3.09. The fourth-order valence-electron chi connectivity index (χ4n) is 3.01. The van der Waals surface area contributed by atoms with Crippen LogP contribution in [-0.4, -0.2) is 48.0 Å². The highest BCUT2D eigenvalue weighted by atomic mass is 35.5. The summed E-state index contributed by atoms with van der Waals surface area (Å²) in [7, 11) is 1.90. The third-order valence-electron chi connectivity index (χ3n) is 4.44. The molecule has 0 spiro atoms. The molecule has 1 aliphatic heterocycles. The fourth-order valence-corrected chi connectivity index (χ4v) is 3.95. The smallest absolute Gasteiger partial charge is 0.260 e. The van der Waals surface area contributed by atoms with Gasteiger partial charge in [0.05, 0.1) is 11.1 Å². The van der Waals surface area contributed by atoms with Crippen molar-refractivity contribution >= 4 is 39.8 Å². The number of piperidine rings is 1. The molecule has 1 fully saturated rings. The topological polar surface area (TPSA) is 81.7 Å². The predicted octanol–water partition coefficient (Wildman–Crippen LogP) is 3.18. The summed E-state index contributed by atoms with van der Waals surface area (Å²) in [5.74, 6) is -0.781. The van der Waals surface area contributed by atoms with Gasteiger partial charge in [-0.25, -0.2) is 0 Å². The Labute approximate surface area is 160 Å². The van der Waals surface area contributed by atoms with Crippen LogP contribution >= 0.6 is 22.9 Å². The van der Waals surface area contributed by atoms with Crippen LogP contribution in [0, 0.1) is 0 Å². The molecule has 0 bridgehead atoms. The van der Waals surface area contributed by atoms with Crippen molar-refractivity contribution in [3.05, 3.63) is 45.8 Å². The lowest BCUT2D eigenvalue weighted by atomic mass is 10.1. The first-order valence-corrected chi connectivity index (χ1v) is 9.59. The molecule has 138 valence electrons. The summed E-state index contributed by atoms with van der Waals surface area (Å²) in [5.41, 5.74) is 0.572. The molecule has 1 aromatic carbocycles. The van der Waals surface area contributed by atoms with Gasteiger partial charge >= 0.3 is 0 Å². The van der Waals surface area contributed by atoms with Gasteiger partial charge in [0.15, 0.2) is 0 Å². The first-order chi connectivity index (χ1) is 12.5. The number of hydrogen-bond donors (Lipinski definition) is 3. The molecule has 3 N–H and O–H groups in total. The van der Waals surface area contributed by atoms with Gasteiger partial charge in [-0.15, -0.1) is 11.3 Å². The van der Waals surface area contributed by atoms with E-state index < -0.39 is 5.91 Å². The highest BCUT2D eigenvalue weighted by Crippen LogP contribution is 2.28. The third kappa shape index (κ3) is 4.00. The second-order valence-electron chi connectivity index (χ2n) is 6.16. The van der Waals surface area contributed by atoms with Gasteiger partial charge in [0.2, 0.25) is 0 Å². The van der Waals surface area contributed by atoms with E-state index in [-0.39, 0.29) is 23.3 Å². The van der Waals surface area contributed by atoms with Crippen LogP contribution in [0.5, 0.6) is 5.75 Å². The average molecular weight is 394 g/mol. The van der Waals surface area contributed by atoms with Gasteiger partial charge < -0.3 is 20.6 Å². The number of phenolic OH excluding ortho intramolecular Hbond substituents is 1. The lowest BCUT2D eigenvalue weighted by Crippen LogP contribution is -2.47. The number of nitrogens with zero attached hydrogens (tertiary/aromatic N) is 1. The van der Waals surface area contributed by atoms with Crippen LogP contribution < -0.4 is 10.6 Å². The largest absolute Gasteiger partial charge is 0.507 e. The predicted molar refractivity (Wildman–Crippen MR) is 103 cm³/mol. The Morgan fingerprint density at radius 1 is 1.31 bits per heavy atom. The Balaban J connectivity index is 1.76. The van der Waals surface area contributed by atoms with Crippen LogP contribution in [0.15, 0.2) is 29.6 Å². The summed E-state index contributed by atoms with van der Waals surface area (Å²) in [5, 5.41) is 18.4. The van der Waals surface area contributed by atoms with Crippen molar-refractivity contribution in [3.63, 3.8) is 0 Å². The highest BCUT2D eigenvalue weighted by Gasteiger charge is 2.26. The van der Waals surface area contributed by atoms with Gasteiger partial charge in [-0.1, -0.05) is 11.6 Å². The molecule has 1 aliphatic rings. The number of rotatable bonds is 4.